The summed E-state index contributed by atoms with van der Waals surface area (Å²) in [6, 6.07) is 1.44. The van der Waals surface area contributed by atoms with Crippen LogP contribution in [0, 0.1) is 6.92 Å². The fourth-order valence-electron chi connectivity index (χ4n) is 4.19. The molecule has 35 heavy (non-hydrogen) atoms. The van der Waals surface area contributed by atoms with E-state index in [1.807, 2.05) is 31.5 Å². The van der Waals surface area contributed by atoms with Gasteiger partial charge in [0.15, 0.2) is 9.84 Å². The summed E-state index contributed by atoms with van der Waals surface area (Å²) in [5.41, 5.74) is 3.95. The summed E-state index contributed by atoms with van der Waals surface area (Å²) in [7, 11) is -3.41. The van der Waals surface area contributed by atoms with Gasteiger partial charge in [0.05, 0.1) is 23.2 Å². The van der Waals surface area contributed by atoms with Crippen molar-refractivity contribution >= 4 is 21.3 Å². The van der Waals surface area contributed by atoms with Crippen LogP contribution in [-0.2, 0) is 19.4 Å². The normalized spacial score (nSPS) is 16.2. The first kappa shape index (κ1) is 26.8. The molecule has 9 heteroatoms. The Labute approximate surface area is 208 Å². The van der Waals surface area contributed by atoms with Crippen molar-refractivity contribution in [3.05, 3.63) is 59.7 Å². The lowest BCUT2D eigenvalue weighted by atomic mass is 10.00. The summed E-state index contributed by atoms with van der Waals surface area (Å²) in [6.45, 7) is 11.5. The van der Waals surface area contributed by atoms with E-state index in [4.69, 9.17) is 4.74 Å². The molecule has 1 aliphatic heterocycles. The average molecular weight is 501 g/mol. The van der Waals surface area contributed by atoms with Crippen LogP contribution < -0.4 is 5.32 Å². The first-order valence-electron chi connectivity index (χ1n) is 12.1. The summed E-state index contributed by atoms with van der Waals surface area (Å²) in [6.07, 6.45) is 11.5. The molecule has 0 radical (unpaired) electrons. The molecule has 1 atom stereocenters. The van der Waals surface area contributed by atoms with Crippen molar-refractivity contribution in [2.45, 2.75) is 69.9 Å². The SMILES string of the molecule is C=C(CC)CC=C(C(=O)NC(CC)c1cncc(S(C)(=O)=O)c1)c1cnn(C2CCOCC2)c1C. The summed E-state index contributed by atoms with van der Waals surface area (Å²) in [4.78, 5) is 17.8. The van der Waals surface area contributed by atoms with Crippen LogP contribution in [0.5, 0.6) is 0 Å². The number of amides is 1. The Morgan fingerprint density at radius 1 is 1.29 bits per heavy atom. The van der Waals surface area contributed by atoms with Gasteiger partial charge < -0.3 is 10.1 Å². The molecule has 1 amide bonds. The molecule has 190 valence electrons. The Hall–Kier alpha value is -2.78. The third kappa shape index (κ3) is 6.67. The number of nitrogens with zero attached hydrogens (tertiary/aromatic N) is 3. The highest BCUT2D eigenvalue weighted by Crippen LogP contribution is 2.28. The Morgan fingerprint density at radius 3 is 2.63 bits per heavy atom. The highest BCUT2D eigenvalue weighted by Gasteiger charge is 2.24. The third-order valence-corrected chi connectivity index (χ3v) is 7.57. The van der Waals surface area contributed by atoms with Gasteiger partial charge in [-0.3, -0.25) is 14.5 Å². The Balaban J connectivity index is 1.92. The molecule has 8 nitrogen and oxygen atoms in total. The zero-order valence-electron chi connectivity index (χ0n) is 21.1. The van der Waals surface area contributed by atoms with Gasteiger partial charge in [0.2, 0.25) is 0 Å². The number of allylic oxidation sites excluding steroid dienone is 2. The number of pyridine rings is 1. The number of carbonyl (C=O) groups is 1. The number of rotatable bonds is 10. The molecule has 0 aliphatic carbocycles. The molecule has 2 aromatic heterocycles. The van der Waals surface area contributed by atoms with E-state index in [-0.39, 0.29) is 22.9 Å². The van der Waals surface area contributed by atoms with E-state index in [9.17, 15) is 13.2 Å². The average Bonchev–Trinajstić information content (AvgIpc) is 3.23. The predicted molar refractivity (Wildman–Crippen MR) is 137 cm³/mol. The quantitative estimate of drug-likeness (QED) is 0.384. The largest absolute Gasteiger partial charge is 0.381 e. The van der Waals surface area contributed by atoms with E-state index in [0.29, 0.717) is 37.2 Å². The van der Waals surface area contributed by atoms with Gasteiger partial charge >= 0.3 is 0 Å². The van der Waals surface area contributed by atoms with Gasteiger partial charge in [-0.15, -0.1) is 0 Å². The minimum absolute atomic E-state index is 0.131. The summed E-state index contributed by atoms with van der Waals surface area (Å²) >= 11 is 0. The van der Waals surface area contributed by atoms with Crippen molar-refractivity contribution < 1.29 is 17.9 Å². The fourth-order valence-corrected chi connectivity index (χ4v) is 4.79. The summed E-state index contributed by atoms with van der Waals surface area (Å²) < 4.78 is 31.5. The van der Waals surface area contributed by atoms with Crippen LogP contribution in [0.2, 0.25) is 0 Å². The number of ether oxygens (including phenoxy) is 1. The lowest BCUT2D eigenvalue weighted by Gasteiger charge is -2.24. The van der Waals surface area contributed by atoms with E-state index in [0.717, 1.165) is 42.3 Å². The highest BCUT2D eigenvalue weighted by molar-refractivity contribution is 7.90. The van der Waals surface area contributed by atoms with Gasteiger partial charge in [-0.25, -0.2) is 8.42 Å². The first-order valence-corrected chi connectivity index (χ1v) is 14.0. The van der Waals surface area contributed by atoms with Gasteiger partial charge in [0.25, 0.3) is 5.91 Å². The summed E-state index contributed by atoms with van der Waals surface area (Å²) in [5.74, 6) is -0.236. The van der Waals surface area contributed by atoms with Crippen LogP contribution in [0.25, 0.3) is 5.57 Å². The van der Waals surface area contributed by atoms with Crippen molar-refractivity contribution in [1.29, 1.82) is 0 Å². The molecule has 1 N–H and O–H groups in total. The lowest BCUT2D eigenvalue weighted by Crippen LogP contribution is -2.29. The Kier molecular flexibility index (Phi) is 9.02. The highest BCUT2D eigenvalue weighted by atomic mass is 32.2. The minimum Gasteiger partial charge on any atom is -0.381 e. The van der Waals surface area contributed by atoms with E-state index in [1.165, 1.54) is 6.20 Å². The Bertz CT molecular complexity index is 1190. The molecular formula is C26H36N4O4S. The molecular weight excluding hydrogens is 464 g/mol. The second-order valence-corrected chi connectivity index (χ2v) is 11.0. The number of hydrogen-bond donors (Lipinski definition) is 1. The van der Waals surface area contributed by atoms with Crippen molar-refractivity contribution in [2.75, 3.05) is 19.5 Å². The molecule has 1 aliphatic rings. The van der Waals surface area contributed by atoms with Crippen LogP contribution in [0.15, 0.2) is 47.8 Å². The zero-order chi connectivity index (χ0) is 25.6. The molecule has 0 spiro atoms. The van der Waals surface area contributed by atoms with Gasteiger partial charge in [-0.2, -0.15) is 5.10 Å². The van der Waals surface area contributed by atoms with Crippen molar-refractivity contribution in [3.8, 4) is 0 Å². The molecule has 0 bridgehead atoms. The van der Waals surface area contributed by atoms with E-state index >= 15 is 0 Å². The van der Waals surface area contributed by atoms with Crippen LogP contribution in [0.4, 0.5) is 0 Å². The van der Waals surface area contributed by atoms with Crippen LogP contribution in [0.1, 0.15) is 74.9 Å². The maximum atomic E-state index is 13.6. The number of carbonyl (C=O) groups excluding carboxylic acids is 1. The molecule has 1 unspecified atom stereocenters. The minimum atomic E-state index is -3.41. The van der Waals surface area contributed by atoms with Gasteiger partial charge in [-0.1, -0.05) is 32.1 Å². The number of aromatic nitrogens is 3. The second kappa shape index (κ2) is 11.8. The van der Waals surface area contributed by atoms with Crippen molar-refractivity contribution in [2.24, 2.45) is 0 Å². The van der Waals surface area contributed by atoms with Crippen molar-refractivity contribution in [3.63, 3.8) is 0 Å². The van der Waals surface area contributed by atoms with Gasteiger partial charge in [0.1, 0.15) is 0 Å². The van der Waals surface area contributed by atoms with Gasteiger partial charge in [0, 0.05) is 48.7 Å². The molecule has 1 fully saturated rings. The molecule has 0 aromatic carbocycles. The van der Waals surface area contributed by atoms with E-state index < -0.39 is 9.84 Å². The maximum absolute atomic E-state index is 13.6. The van der Waals surface area contributed by atoms with Crippen molar-refractivity contribution in [1.82, 2.24) is 20.1 Å². The van der Waals surface area contributed by atoms with E-state index in [1.54, 1.807) is 18.5 Å². The fraction of sp³-hybridized carbons (Fsp3) is 0.500. The third-order valence-electron chi connectivity index (χ3n) is 6.49. The topological polar surface area (TPSA) is 103 Å². The number of sulfone groups is 1. The molecule has 3 heterocycles. The number of hydrogen-bond acceptors (Lipinski definition) is 6. The molecule has 1 saturated heterocycles. The standard InChI is InChI=1S/C26H36N4O4S/c1-6-18(3)8-9-23(24-17-28-30(19(24)4)21-10-12-34-13-11-21)26(31)29-25(7-2)20-14-22(16-27-15-20)35(5,32)33/h9,14-17,21,25H,3,6-8,10-13H2,1-2,4-5H3,(H,29,31). The lowest BCUT2D eigenvalue weighted by molar-refractivity contribution is -0.116. The monoisotopic (exact) mass is 500 g/mol. The number of nitrogens with one attached hydrogen (secondary N) is 1. The van der Waals surface area contributed by atoms with E-state index in [2.05, 4.69) is 22.0 Å². The second-order valence-electron chi connectivity index (χ2n) is 9.02. The molecule has 3 rings (SSSR count). The van der Waals surface area contributed by atoms with Gasteiger partial charge in [-0.05, 0) is 50.7 Å². The van der Waals surface area contributed by atoms with Crippen LogP contribution >= 0.6 is 0 Å². The van der Waals surface area contributed by atoms with Crippen LogP contribution in [-0.4, -0.2) is 48.6 Å². The maximum Gasteiger partial charge on any atom is 0.252 e. The Morgan fingerprint density at radius 2 is 2.00 bits per heavy atom. The zero-order valence-corrected chi connectivity index (χ0v) is 21.9. The molecule has 2 aromatic rings. The predicted octanol–water partition coefficient (Wildman–Crippen LogP) is 4.35. The molecule has 0 saturated carbocycles. The summed E-state index contributed by atoms with van der Waals surface area (Å²) in [5, 5.41) is 7.72. The smallest absolute Gasteiger partial charge is 0.252 e. The van der Waals surface area contributed by atoms with Crippen LogP contribution in [0.3, 0.4) is 0 Å². The first-order chi connectivity index (χ1) is 16.7.